The van der Waals surface area contributed by atoms with E-state index >= 15 is 0 Å². The molecule has 0 aliphatic rings. The third kappa shape index (κ3) is 4.42. The number of anilines is 1. The van der Waals surface area contributed by atoms with Crippen molar-refractivity contribution in [3.63, 3.8) is 0 Å². The highest BCUT2D eigenvalue weighted by atomic mass is 35.5. The molecule has 26 heavy (non-hydrogen) atoms. The van der Waals surface area contributed by atoms with E-state index in [1.165, 1.54) is 10.8 Å². The van der Waals surface area contributed by atoms with Crippen LogP contribution in [0.1, 0.15) is 11.3 Å². The Morgan fingerprint density at radius 3 is 2.58 bits per heavy atom. The lowest BCUT2D eigenvalue weighted by atomic mass is 10.2. The molecule has 0 atom stereocenters. The number of nitrogens with zero attached hydrogens (tertiary/aromatic N) is 2. The van der Waals surface area contributed by atoms with Crippen molar-refractivity contribution in [2.24, 2.45) is 7.05 Å². The summed E-state index contributed by atoms with van der Waals surface area (Å²) in [6.07, 6.45) is 2.59. The van der Waals surface area contributed by atoms with Crippen molar-refractivity contribution >= 4 is 35.2 Å². The second-order valence-electron chi connectivity index (χ2n) is 5.24. The minimum atomic E-state index is -1.70. The van der Waals surface area contributed by atoms with Gasteiger partial charge in [0.2, 0.25) is 11.8 Å². The Labute approximate surface area is 151 Å². The topological polar surface area (TPSA) is 76.0 Å². The second kappa shape index (κ2) is 8.05. The van der Waals surface area contributed by atoms with E-state index in [2.05, 4.69) is 10.4 Å². The van der Waals surface area contributed by atoms with Crippen LogP contribution in [0, 0.1) is 24.4 Å². The first-order valence-electron chi connectivity index (χ1n) is 7.29. The van der Waals surface area contributed by atoms with Gasteiger partial charge in [0.05, 0.1) is 17.9 Å². The van der Waals surface area contributed by atoms with Crippen LogP contribution in [-0.4, -0.2) is 28.1 Å². The van der Waals surface area contributed by atoms with Gasteiger partial charge in [-0.15, -0.1) is 0 Å². The van der Waals surface area contributed by atoms with Gasteiger partial charge in [0, 0.05) is 18.7 Å². The van der Waals surface area contributed by atoms with E-state index in [-0.39, 0.29) is 0 Å². The number of hydrogen-bond acceptors (Lipinski definition) is 3. The number of halogens is 4. The van der Waals surface area contributed by atoms with Gasteiger partial charge >= 0.3 is 0 Å². The van der Waals surface area contributed by atoms with Crippen molar-refractivity contribution in [2.75, 3.05) is 11.9 Å². The number of carbonyl (C=O) groups excluding carboxylic acids is 2. The van der Waals surface area contributed by atoms with Crippen LogP contribution in [0.3, 0.4) is 0 Å². The van der Waals surface area contributed by atoms with Gasteiger partial charge < -0.3 is 10.6 Å². The Kier molecular flexibility index (Phi) is 6.04. The van der Waals surface area contributed by atoms with Crippen LogP contribution in [0.2, 0.25) is 5.15 Å². The van der Waals surface area contributed by atoms with Crippen molar-refractivity contribution in [2.45, 2.75) is 6.92 Å². The third-order valence-corrected chi connectivity index (χ3v) is 3.78. The first kappa shape index (κ1) is 19.5. The number of amides is 2. The quantitative estimate of drug-likeness (QED) is 0.612. The van der Waals surface area contributed by atoms with E-state index in [0.29, 0.717) is 22.5 Å². The van der Waals surface area contributed by atoms with Gasteiger partial charge in [-0.1, -0.05) is 11.6 Å². The van der Waals surface area contributed by atoms with Crippen molar-refractivity contribution in [1.82, 2.24) is 15.1 Å². The molecule has 0 aliphatic heterocycles. The van der Waals surface area contributed by atoms with Crippen LogP contribution in [0.5, 0.6) is 0 Å². The summed E-state index contributed by atoms with van der Waals surface area (Å²) in [5.41, 5.74) is 0.641. The van der Waals surface area contributed by atoms with Crippen molar-refractivity contribution in [3.8, 4) is 0 Å². The largest absolute Gasteiger partial charge is 0.343 e. The number of hydrogen-bond donors (Lipinski definition) is 2. The Hall–Kier alpha value is -2.81. The molecule has 2 N–H and O–H groups in total. The Morgan fingerprint density at radius 2 is 1.96 bits per heavy atom. The van der Waals surface area contributed by atoms with E-state index in [1.54, 1.807) is 14.0 Å². The zero-order valence-electron chi connectivity index (χ0n) is 13.7. The van der Waals surface area contributed by atoms with Crippen molar-refractivity contribution in [1.29, 1.82) is 0 Å². The smallest absolute Gasteiger partial charge is 0.244 e. The molecule has 0 aliphatic carbocycles. The molecule has 2 aromatic rings. The number of carbonyl (C=O) groups is 2. The van der Waals surface area contributed by atoms with E-state index in [9.17, 15) is 22.8 Å². The summed E-state index contributed by atoms with van der Waals surface area (Å²) < 4.78 is 40.8. The molecule has 2 amide bonds. The highest BCUT2D eigenvalue weighted by molar-refractivity contribution is 6.31. The first-order valence-corrected chi connectivity index (χ1v) is 7.67. The molecule has 1 aromatic heterocycles. The summed E-state index contributed by atoms with van der Waals surface area (Å²) in [4.78, 5) is 23.4. The van der Waals surface area contributed by atoms with Gasteiger partial charge in [0.25, 0.3) is 0 Å². The van der Waals surface area contributed by atoms with Crippen LogP contribution in [0.15, 0.2) is 18.2 Å². The fourth-order valence-electron chi connectivity index (χ4n) is 2.04. The average molecular weight is 387 g/mol. The summed E-state index contributed by atoms with van der Waals surface area (Å²) in [7, 11) is 1.65. The molecule has 0 saturated heterocycles. The number of aromatic nitrogens is 2. The fourth-order valence-corrected chi connectivity index (χ4v) is 2.28. The molecule has 138 valence electrons. The number of benzene rings is 1. The monoisotopic (exact) mass is 386 g/mol. The molecule has 0 fully saturated rings. The maximum atomic E-state index is 13.5. The van der Waals surface area contributed by atoms with E-state index in [1.807, 2.05) is 5.32 Å². The van der Waals surface area contributed by atoms with Gasteiger partial charge in [-0.3, -0.25) is 14.3 Å². The molecule has 1 heterocycles. The van der Waals surface area contributed by atoms with Crippen LogP contribution in [-0.2, 0) is 16.6 Å². The predicted octanol–water partition coefficient (Wildman–Crippen LogP) is 2.57. The van der Waals surface area contributed by atoms with Gasteiger partial charge in [0.15, 0.2) is 17.5 Å². The van der Waals surface area contributed by atoms with Crippen LogP contribution in [0.25, 0.3) is 6.08 Å². The molecule has 6 nitrogen and oxygen atoms in total. The van der Waals surface area contributed by atoms with Crippen LogP contribution in [0.4, 0.5) is 18.9 Å². The Morgan fingerprint density at radius 1 is 1.27 bits per heavy atom. The molecule has 0 bridgehead atoms. The maximum absolute atomic E-state index is 13.5. The molecular weight excluding hydrogens is 373 g/mol. The van der Waals surface area contributed by atoms with Gasteiger partial charge in [-0.25, -0.2) is 13.2 Å². The predicted molar refractivity (Wildman–Crippen MR) is 89.9 cm³/mol. The average Bonchev–Trinajstić information content (AvgIpc) is 2.84. The molecular formula is C16H14ClF3N4O2. The van der Waals surface area contributed by atoms with Gasteiger partial charge in [-0.2, -0.15) is 5.10 Å². The van der Waals surface area contributed by atoms with Crippen molar-refractivity contribution < 1.29 is 22.8 Å². The zero-order valence-corrected chi connectivity index (χ0v) is 14.5. The normalized spacial score (nSPS) is 11.0. The lowest BCUT2D eigenvalue weighted by molar-refractivity contribution is -0.121. The molecule has 0 unspecified atom stereocenters. The minimum Gasteiger partial charge on any atom is -0.343 e. The second-order valence-corrected chi connectivity index (χ2v) is 5.59. The number of rotatable bonds is 5. The minimum absolute atomic E-state index is 0.345. The van der Waals surface area contributed by atoms with Crippen LogP contribution < -0.4 is 10.6 Å². The van der Waals surface area contributed by atoms with Gasteiger partial charge in [0.1, 0.15) is 5.15 Å². The highest BCUT2D eigenvalue weighted by Gasteiger charge is 2.15. The summed E-state index contributed by atoms with van der Waals surface area (Å²) in [5.74, 6) is -6.01. The summed E-state index contributed by atoms with van der Waals surface area (Å²) in [5, 5.41) is 8.72. The molecule has 1 aromatic carbocycles. The summed E-state index contributed by atoms with van der Waals surface area (Å²) in [6.45, 7) is 1.22. The number of aryl methyl sites for hydroxylation is 2. The fraction of sp³-hybridized carbons (Fsp3) is 0.188. The standard InChI is InChI=1S/C16H14ClF3N4O2/c1-8-9(16(17)24(2)23-8)3-6-12(25)21-7-13(26)22-11-5-4-10(18)14(19)15(11)20/h3-6H,7H2,1-2H3,(H,21,25)(H,22,26)/b6-3+. The van der Waals surface area contributed by atoms with E-state index in [0.717, 1.165) is 12.1 Å². The van der Waals surface area contributed by atoms with E-state index in [4.69, 9.17) is 11.6 Å². The van der Waals surface area contributed by atoms with Crippen molar-refractivity contribution in [3.05, 3.63) is 52.1 Å². The zero-order chi connectivity index (χ0) is 19.4. The van der Waals surface area contributed by atoms with Crippen LogP contribution >= 0.6 is 11.6 Å². The lowest BCUT2D eigenvalue weighted by Gasteiger charge is -2.07. The Balaban J connectivity index is 1.92. The molecule has 10 heteroatoms. The molecule has 2 rings (SSSR count). The first-order chi connectivity index (χ1) is 12.2. The Bertz CT molecular complexity index is 896. The highest BCUT2D eigenvalue weighted by Crippen LogP contribution is 2.20. The summed E-state index contributed by atoms with van der Waals surface area (Å²) >= 11 is 6.01. The molecule has 0 saturated carbocycles. The SMILES string of the molecule is Cc1nn(C)c(Cl)c1/C=C/C(=O)NCC(=O)Nc1ccc(F)c(F)c1F. The van der Waals surface area contributed by atoms with E-state index < -0.39 is 41.5 Å². The molecule has 0 radical (unpaired) electrons. The maximum Gasteiger partial charge on any atom is 0.244 e. The molecule has 0 spiro atoms. The van der Waals surface area contributed by atoms with Gasteiger partial charge in [-0.05, 0) is 25.1 Å². The third-order valence-electron chi connectivity index (χ3n) is 3.33. The number of nitrogens with one attached hydrogen (secondary N) is 2. The summed E-state index contributed by atoms with van der Waals surface area (Å²) in [6, 6.07) is 1.55. The lowest BCUT2D eigenvalue weighted by Crippen LogP contribution is -2.32.